The number of benzene rings is 6. The Morgan fingerprint density at radius 2 is 1.24 bits per heavy atom. The van der Waals surface area contributed by atoms with E-state index in [4.69, 9.17) is 9.72 Å². The second-order valence-electron chi connectivity index (χ2n) is 13.4. The molecule has 0 amide bonds. The number of phenols is 1. The number of rotatable bonds is 3. The monoisotopic (exact) mass is 855 g/mol. The minimum Gasteiger partial charge on any atom is -0.507 e. The van der Waals surface area contributed by atoms with E-state index in [1.165, 1.54) is 38.2 Å². The van der Waals surface area contributed by atoms with Gasteiger partial charge in [0.15, 0.2) is 0 Å². The summed E-state index contributed by atoms with van der Waals surface area (Å²) in [5, 5.41) is 13.1. The molecule has 51 heavy (non-hydrogen) atoms. The Morgan fingerprint density at radius 1 is 0.627 bits per heavy atom. The zero-order valence-corrected chi connectivity index (χ0v) is 31.1. The van der Waals surface area contributed by atoms with Crippen LogP contribution in [0.1, 0.15) is 0 Å². The maximum absolute atomic E-state index is 10.4. The van der Waals surface area contributed by atoms with E-state index in [0.29, 0.717) is 22.9 Å². The molecule has 2 aromatic heterocycles. The Kier molecular flexibility index (Phi) is 7.25. The second kappa shape index (κ2) is 11.8. The van der Waals surface area contributed by atoms with E-state index in [0.717, 1.165) is 28.0 Å². The third-order valence-corrected chi connectivity index (χ3v) is 13.8. The number of ether oxygens (including phenoxy) is 1. The summed E-state index contributed by atoms with van der Waals surface area (Å²) < 4.78 is 10.9. The van der Waals surface area contributed by atoms with Gasteiger partial charge in [-0.05, 0) is 63.3 Å². The van der Waals surface area contributed by atoms with E-state index < -0.39 is 8.07 Å². The topological polar surface area (TPSA) is 51.2 Å². The van der Waals surface area contributed by atoms with E-state index in [9.17, 15) is 5.11 Å². The van der Waals surface area contributed by atoms with Gasteiger partial charge in [-0.1, -0.05) is 115 Å². The molecule has 1 N–H and O–H groups in total. The summed E-state index contributed by atoms with van der Waals surface area (Å²) in [5.74, 6) is 1.17. The quantitative estimate of drug-likeness (QED) is 0.110. The number of aromatic nitrogens is 3. The smallest absolute Gasteiger partial charge is 0.507 e. The number of hydrogen-bond acceptors (Lipinski definition) is 3. The van der Waals surface area contributed by atoms with Crippen molar-refractivity contribution in [3.8, 4) is 73.4 Å². The van der Waals surface area contributed by atoms with Gasteiger partial charge in [0.25, 0.3) is 6.33 Å². The van der Waals surface area contributed by atoms with Gasteiger partial charge in [0, 0.05) is 25.5 Å². The molecular formula is C44H30N3O2PtSi+. The van der Waals surface area contributed by atoms with Crippen molar-refractivity contribution in [1.82, 2.24) is 9.55 Å². The third kappa shape index (κ3) is 4.71. The van der Waals surface area contributed by atoms with Crippen LogP contribution in [0.25, 0.3) is 67.0 Å². The van der Waals surface area contributed by atoms with Gasteiger partial charge in [-0.25, -0.2) is 4.98 Å². The normalized spacial score (nSPS) is 13.0. The molecule has 0 unspecified atom stereocenters. The average molecular weight is 856 g/mol. The molecule has 7 heteroatoms. The SMILES string of the molecule is C[Si]1(C)c2ccc(Oc3cccc(-c4ccccc4O)n3)[c-]c2-n2[c-][n+]3c4c(ccc1c42)-c1ccccc1-c1ccccc1-c1ccccc1-3.[Pt+2]. The van der Waals surface area contributed by atoms with Gasteiger partial charge >= 0.3 is 21.1 Å². The molecule has 2 aliphatic heterocycles. The molecule has 8 aromatic rings. The molecular weight excluding hydrogens is 826 g/mol. The van der Waals surface area contributed by atoms with E-state index in [-0.39, 0.29) is 26.8 Å². The van der Waals surface area contributed by atoms with Gasteiger partial charge in [0.05, 0.1) is 22.4 Å². The van der Waals surface area contributed by atoms with E-state index in [2.05, 4.69) is 126 Å². The third-order valence-electron chi connectivity index (χ3n) is 10.3. The van der Waals surface area contributed by atoms with Crippen molar-refractivity contribution in [3.63, 3.8) is 0 Å². The fraction of sp³-hybridized carbons (Fsp3) is 0.0455. The van der Waals surface area contributed by atoms with Crippen LogP contribution in [0.5, 0.6) is 17.4 Å². The van der Waals surface area contributed by atoms with Crippen molar-refractivity contribution >= 4 is 29.5 Å². The fourth-order valence-electron chi connectivity index (χ4n) is 7.87. The largest absolute Gasteiger partial charge is 2.00 e. The number of pyridine rings is 1. The zero-order valence-electron chi connectivity index (χ0n) is 27.8. The molecule has 4 heterocycles. The number of nitrogens with zero attached hydrogens (tertiary/aromatic N) is 3. The standard InChI is InChI=1S/C44H30N3O2Si.Pt/c1-50(2)40-24-22-28(49-42-21-11-18-36(45-42)35-17-8-10-20-39(35)48)26-38(40)47-27-46-37-19-9-7-16-33(37)31-14-5-3-12-29(31)30-13-4-6-15-32(30)34-23-25-41(50)44(47)43(34)46;/h3-25,48H,1-2H3;/q-1;+2. The Balaban J connectivity index is 0.00000348. The first-order chi connectivity index (χ1) is 24.5. The molecule has 5 nitrogen and oxygen atoms in total. The van der Waals surface area contributed by atoms with Gasteiger partial charge in [0.2, 0.25) is 5.88 Å². The summed E-state index contributed by atoms with van der Waals surface area (Å²) in [5.41, 5.74) is 12.8. The minimum absolute atomic E-state index is 0. The van der Waals surface area contributed by atoms with Crippen LogP contribution in [-0.2, 0) is 21.1 Å². The molecule has 0 saturated heterocycles. The maximum Gasteiger partial charge on any atom is 2.00 e. The first kappa shape index (κ1) is 31.4. The summed E-state index contributed by atoms with van der Waals surface area (Å²) in [6.07, 6.45) is 3.83. The van der Waals surface area contributed by atoms with Crippen LogP contribution in [0.2, 0.25) is 13.1 Å². The number of hydrogen-bond donors (Lipinski definition) is 1. The first-order valence-corrected chi connectivity index (χ1v) is 19.8. The number of aromatic hydroxyl groups is 1. The summed E-state index contributed by atoms with van der Waals surface area (Å²) >= 11 is 0. The predicted octanol–water partition coefficient (Wildman–Crippen LogP) is 8.52. The van der Waals surface area contributed by atoms with Gasteiger partial charge in [0.1, 0.15) is 5.75 Å². The van der Waals surface area contributed by atoms with E-state index >= 15 is 0 Å². The molecule has 2 aliphatic rings. The Labute approximate surface area is 311 Å². The van der Waals surface area contributed by atoms with E-state index in [1.807, 2.05) is 36.4 Å². The molecule has 0 aliphatic carbocycles. The van der Waals surface area contributed by atoms with Gasteiger partial charge in [-0.15, -0.1) is 17.3 Å². The van der Waals surface area contributed by atoms with Crippen LogP contribution in [0.3, 0.4) is 0 Å². The Bertz CT molecular complexity index is 2700. The summed E-state index contributed by atoms with van der Waals surface area (Å²) in [6, 6.07) is 51.4. The summed E-state index contributed by atoms with van der Waals surface area (Å²) in [6.45, 7) is 4.84. The molecule has 6 aromatic carbocycles. The Morgan fingerprint density at radius 3 is 1.96 bits per heavy atom. The van der Waals surface area contributed by atoms with E-state index in [1.54, 1.807) is 12.1 Å². The van der Waals surface area contributed by atoms with Crippen LogP contribution in [0.4, 0.5) is 0 Å². The summed E-state index contributed by atoms with van der Waals surface area (Å²) in [4.78, 5) is 4.73. The molecule has 10 rings (SSSR count). The van der Waals surface area contributed by atoms with Crippen LogP contribution >= 0.6 is 0 Å². The number of fused-ring (bicyclic) bond motifs is 9. The first-order valence-electron chi connectivity index (χ1n) is 16.8. The van der Waals surface area contributed by atoms with Crippen molar-refractivity contribution in [2.45, 2.75) is 13.1 Å². The second-order valence-corrected chi connectivity index (χ2v) is 17.8. The molecule has 0 bridgehead atoms. The van der Waals surface area contributed by atoms with Crippen LogP contribution < -0.4 is 19.7 Å². The number of para-hydroxylation sites is 2. The average Bonchev–Trinajstić information content (AvgIpc) is 3.56. The van der Waals surface area contributed by atoms with Crippen molar-refractivity contribution in [3.05, 3.63) is 152 Å². The molecule has 0 atom stereocenters. The van der Waals surface area contributed by atoms with Crippen LogP contribution in [-0.4, -0.2) is 22.7 Å². The number of imidazole rings is 1. The molecule has 0 saturated carbocycles. The van der Waals surface area contributed by atoms with Crippen LogP contribution in [0, 0.1) is 12.4 Å². The van der Waals surface area contributed by atoms with Gasteiger partial charge in [-0.3, -0.25) is 4.57 Å². The minimum atomic E-state index is -2.21. The molecule has 246 valence electrons. The molecule has 0 fully saturated rings. The summed E-state index contributed by atoms with van der Waals surface area (Å²) in [7, 11) is -2.21. The number of phenolic OH excluding ortho intramolecular Hbond substituents is 1. The van der Waals surface area contributed by atoms with Crippen molar-refractivity contribution in [2.24, 2.45) is 0 Å². The fourth-order valence-corrected chi connectivity index (χ4v) is 10.7. The molecule has 0 radical (unpaired) electrons. The molecule has 0 spiro atoms. The van der Waals surface area contributed by atoms with Crippen LogP contribution in [0.15, 0.2) is 140 Å². The van der Waals surface area contributed by atoms with Gasteiger partial charge in [-0.2, -0.15) is 6.07 Å². The predicted molar refractivity (Wildman–Crippen MR) is 201 cm³/mol. The van der Waals surface area contributed by atoms with Crippen molar-refractivity contribution in [1.29, 1.82) is 0 Å². The maximum atomic E-state index is 10.4. The van der Waals surface area contributed by atoms with Crippen molar-refractivity contribution < 1.29 is 35.5 Å². The van der Waals surface area contributed by atoms with Crippen molar-refractivity contribution in [2.75, 3.05) is 0 Å². The Hall–Kier alpha value is -5.55. The van der Waals surface area contributed by atoms with Gasteiger partial charge < -0.3 is 14.4 Å². The zero-order chi connectivity index (χ0) is 33.6.